The third kappa shape index (κ3) is 4.88. The molecule has 1 N–H and O–H groups in total. The second kappa shape index (κ2) is 8.09. The van der Waals surface area contributed by atoms with Crippen molar-refractivity contribution in [3.63, 3.8) is 0 Å². The summed E-state index contributed by atoms with van der Waals surface area (Å²) in [5.74, 6) is 0.913. The molecule has 1 aromatic carbocycles. The number of hydrogen-bond donors (Lipinski definition) is 1. The summed E-state index contributed by atoms with van der Waals surface area (Å²) in [7, 11) is 0. The van der Waals surface area contributed by atoms with Crippen LogP contribution in [0, 0.1) is 0 Å². The number of carbonyl (C=O) groups is 2. The third-order valence-corrected chi connectivity index (χ3v) is 5.36. The number of ketones is 1. The first kappa shape index (κ1) is 19.6. The van der Waals surface area contributed by atoms with Gasteiger partial charge in [-0.2, -0.15) is 11.8 Å². The van der Waals surface area contributed by atoms with Crippen molar-refractivity contribution >= 4 is 34.4 Å². The first-order chi connectivity index (χ1) is 11.7. The molecule has 0 aliphatic rings. The van der Waals surface area contributed by atoms with Crippen LogP contribution >= 0.6 is 11.8 Å². The van der Waals surface area contributed by atoms with E-state index in [0.717, 1.165) is 16.7 Å². The van der Waals surface area contributed by atoms with Gasteiger partial charge in [-0.3, -0.25) is 9.59 Å². The van der Waals surface area contributed by atoms with Gasteiger partial charge >= 0.3 is 0 Å². The van der Waals surface area contributed by atoms with Crippen LogP contribution in [0.25, 0.3) is 10.9 Å². The number of amides is 1. The quantitative estimate of drug-likeness (QED) is 0.586. The molecule has 25 heavy (non-hydrogen) atoms. The Hall–Kier alpha value is -1.75. The number of para-hydroxylation sites is 1. The van der Waals surface area contributed by atoms with Crippen molar-refractivity contribution in [2.24, 2.45) is 0 Å². The Bertz CT molecular complexity index is 759. The fourth-order valence-corrected chi connectivity index (χ4v) is 3.72. The molecule has 1 aromatic heterocycles. The summed E-state index contributed by atoms with van der Waals surface area (Å²) in [6.45, 7) is 10.7. The number of nitrogens with one attached hydrogen (secondary N) is 1. The van der Waals surface area contributed by atoms with Crippen LogP contribution < -0.4 is 5.32 Å². The molecule has 0 spiro atoms. The molecule has 0 aliphatic heterocycles. The molecule has 0 radical (unpaired) electrons. The summed E-state index contributed by atoms with van der Waals surface area (Å²) >= 11 is 1.84. The summed E-state index contributed by atoms with van der Waals surface area (Å²) in [5, 5.41) is 3.95. The fourth-order valence-electron chi connectivity index (χ4n) is 2.90. The van der Waals surface area contributed by atoms with Crippen LogP contribution in [0.1, 0.15) is 57.4 Å². The van der Waals surface area contributed by atoms with E-state index in [0.29, 0.717) is 18.5 Å². The Morgan fingerprint density at radius 2 is 1.92 bits per heavy atom. The van der Waals surface area contributed by atoms with Crippen molar-refractivity contribution in [1.29, 1.82) is 0 Å². The van der Waals surface area contributed by atoms with Gasteiger partial charge in [0.1, 0.15) is 6.04 Å². The maximum Gasteiger partial charge on any atom is 0.243 e. The van der Waals surface area contributed by atoms with Gasteiger partial charge in [0.05, 0.1) is 0 Å². The molecule has 5 heteroatoms. The predicted molar refractivity (Wildman–Crippen MR) is 106 cm³/mol. The zero-order valence-corrected chi connectivity index (χ0v) is 16.6. The summed E-state index contributed by atoms with van der Waals surface area (Å²) in [5.41, 5.74) is 1.60. The molecule has 1 heterocycles. The number of Topliss-reactive ketones (excluding diaryl/α,β-unsaturated/α-hetero) is 1. The van der Waals surface area contributed by atoms with Crippen molar-refractivity contribution in [3.05, 3.63) is 36.0 Å². The summed E-state index contributed by atoms with van der Waals surface area (Å²) in [6, 6.07) is 7.45. The summed E-state index contributed by atoms with van der Waals surface area (Å²) in [4.78, 5) is 24.6. The molecule has 0 saturated carbocycles. The van der Waals surface area contributed by atoms with Gasteiger partial charge in [0, 0.05) is 39.7 Å². The van der Waals surface area contributed by atoms with E-state index >= 15 is 0 Å². The van der Waals surface area contributed by atoms with E-state index in [9.17, 15) is 9.59 Å². The highest BCUT2D eigenvalue weighted by Gasteiger charge is 2.22. The minimum absolute atomic E-state index is 0.00728. The topological polar surface area (TPSA) is 51.1 Å². The van der Waals surface area contributed by atoms with Crippen molar-refractivity contribution in [3.8, 4) is 0 Å². The lowest BCUT2D eigenvalue weighted by Crippen LogP contribution is -2.34. The van der Waals surface area contributed by atoms with Crippen LogP contribution in [0.3, 0.4) is 0 Å². The van der Waals surface area contributed by atoms with E-state index in [-0.39, 0.29) is 22.5 Å². The van der Waals surface area contributed by atoms with Gasteiger partial charge in [-0.25, -0.2) is 0 Å². The normalized spacial score (nSPS) is 13.0. The monoisotopic (exact) mass is 360 g/mol. The lowest BCUT2D eigenvalue weighted by atomic mass is 10.1. The van der Waals surface area contributed by atoms with E-state index < -0.39 is 0 Å². The number of rotatable bonds is 7. The summed E-state index contributed by atoms with van der Waals surface area (Å²) < 4.78 is 2.14. The molecule has 1 amide bonds. The summed E-state index contributed by atoms with van der Waals surface area (Å²) in [6.07, 6.45) is 2.50. The van der Waals surface area contributed by atoms with Crippen LogP contribution in [0.2, 0.25) is 0 Å². The number of thioether (sulfide) groups is 1. The maximum atomic E-state index is 12.7. The van der Waals surface area contributed by atoms with E-state index in [2.05, 4.69) is 26.1 Å². The number of aromatic nitrogens is 1. The first-order valence-electron chi connectivity index (χ1n) is 8.76. The second-order valence-corrected chi connectivity index (χ2v) is 9.12. The molecule has 1 atom stereocenters. The molecule has 136 valence electrons. The molecular weight excluding hydrogens is 332 g/mol. The van der Waals surface area contributed by atoms with Crippen LogP contribution in [0.15, 0.2) is 30.5 Å². The fraction of sp³-hybridized carbons (Fsp3) is 0.500. The molecule has 0 fully saturated rings. The highest BCUT2D eigenvalue weighted by atomic mass is 32.2. The van der Waals surface area contributed by atoms with Crippen LogP contribution in [-0.2, 0) is 4.79 Å². The van der Waals surface area contributed by atoms with Gasteiger partial charge < -0.3 is 9.88 Å². The van der Waals surface area contributed by atoms with Gasteiger partial charge in [-0.1, -0.05) is 45.9 Å². The number of benzene rings is 1. The predicted octanol–water partition coefficient (Wildman–Crippen LogP) is 4.44. The molecule has 4 nitrogen and oxygen atoms in total. The zero-order valence-electron chi connectivity index (χ0n) is 15.8. The Morgan fingerprint density at radius 3 is 2.52 bits per heavy atom. The van der Waals surface area contributed by atoms with E-state index in [1.807, 2.05) is 53.7 Å². The Labute approximate surface area is 154 Å². The Kier molecular flexibility index (Phi) is 6.33. The average Bonchev–Trinajstić information content (AvgIpc) is 2.91. The maximum absolute atomic E-state index is 12.7. The highest BCUT2D eigenvalue weighted by molar-refractivity contribution is 8.00. The highest BCUT2D eigenvalue weighted by Crippen LogP contribution is 2.27. The van der Waals surface area contributed by atoms with E-state index in [4.69, 9.17) is 0 Å². The lowest BCUT2D eigenvalue weighted by molar-refractivity contribution is -0.124. The minimum Gasteiger partial charge on any atom is -0.353 e. The molecule has 0 saturated heterocycles. The van der Waals surface area contributed by atoms with Gasteiger partial charge in [0.2, 0.25) is 5.91 Å². The smallest absolute Gasteiger partial charge is 0.243 e. The minimum atomic E-state index is -0.308. The average molecular weight is 361 g/mol. The lowest BCUT2D eigenvalue weighted by Gasteiger charge is -2.20. The van der Waals surface area contributed by atoms with Gasteiger partial charge in [0.25, 0.3) is 0 Å². The van der Waals surface area contributed by atoms with Gasteiger partial charge in [-0.15, -0.1) is 0 Å². The standard InChI is InChI=1S/C20H28N2O2S/c1-6-17(19(24)21-11-12-25-20(3,4)5)22-13-16(14(2)23)15-9-7-8-10-18(15)22/h7-10,13,17H,6,11-12H2,1-5H3,(H,21,24). The van der Waals surface area contributed by atoms with Crippen LogP contribution in [0.5, 0.6) is 0 Å². The van der Waals surface area contributed by atoms with Gasteiger partial charge in [0.15, 0.2) is 5.78 Å². The van der Waals surface area contributed by atoms with E-state index in [1.165, 1.54) is 0 Å². The third-order valence-electron chi connectivity index (χ3n) is 4.08. The van der Waals surface area contributed by atoms with Crippen molar-refractivity contribution < 1.29 is 9.59 Å². The molecule has 2 aromatic rings. The second-order valence-electron chi connectivity index (χ2n) is 7.20. The Morgan fingerprint density at radius 1 is 1.24 bits per heavy atom. The van der Waals surface area contributed by atoms with E-state index in [1.54, 1.807) is 6.92 Å². The molecular formula is C20H28N2O2S. The number of nitrogens with zero attached hydrogens (tertiary/aromatic N) is 1. The SMILES string of the molecule is CCC(C(=O)NCCSC(C)(C)C)n1cc(C(C)=O)c2ccccc21. The van der Waals surface area contributed by atoms with Crippen molar-refractivity contribution in [2.45, 2.75) is 51.8 Å². The van der Waals surface area contributed by atoms with Gasteiger partial charge in [-0.05, 0) is 19.4 Å². The molecule has 1 unspecified atom stereocenters. The van der Waals surface area contributed by atoms with Crippen LogP contribution in [0.4, 0.5) is 0 Å². The Balaban J connectivity index is 2.19. The molecule has 0 bridgehead atoms. The van der Waals surface area contributed by atoms with Crippen molar-refractivity contribution in [2.75, 3.05) is 12.3 Å². The number of hydrogen-bond acceptors (Lipinski definition) is 3. The first-order valence-corrected chi connectivity index (χ1v) is 9.75. The van der Waals surface area contributed by atoms with Crippen molar-refractivity contribution in [1.82, 2.24) is 9.88 Å². The number of fused-ring (bicyclic) bond motifs is 1. The van der Waals surface area contributed by atoms with Crippen LogP contribution in [-0.4, -0.2) is 33.3 Å². The number of carbonyl (C=O) groups excluding carboxylic acids is 2. The largest absolute Gasteiger partial charge is 0.353 e. The zero-order chi connectivity index (χ0) is 18.6. The molecule has 0 aliphatic carbocycles. The molecule has 2 rings (SSSR count).